The zero-order chi connectivity index (χ0) is 21.2. The number of para-hydroxylation sites is 1. The number of aromatic nitrogens is 1. The van der Waals surface area contributed by atoms with Crippen molar-refractivity contribution in [3.05, 3.63) is 71.8 Å². The number of fused-ring (bicyclic) bond motifs is 4. The van der Waals surface area contributed by atoms with E-state index in [-0.39, 0.29) is 0 Å². The van der Waals surface area contributed by atoms with Gasteiger partial charge in [0.15, 0.2) is 0 Å². The number of benzene rings is 3. The molecular weight excluding hydrogens is 382 g/mol. The number of aryl methyl sites for hydroxylation is 2. The van der Waals surface area contributed by atoms with Crippen molar-refractivity contribution >= 4 is 46.1 Å². The first-order valence-electron chi connectivity index (χ1n) is 10.6. The smallest absolute Gasteiger partial charge is 0.216 e. The molecule has 5 aromatic rings. The van der Waals surface area contributed by atoms with Crippen LogP contribution < -0.4 is 9.75 Å². The lowest BCUT2D eigenvalue weighted by Gasteiger charge is -2.16. The Kier molecular flexibility index (Phi) is 4.16. The standard InChI is InChI=1S/C27H28NOSi/c1-17-15-22-21-9-7-8-10-25(21)29-27(22)26(18(17)2)23-14-12-19-11-13-20(30(4,5)6)16-24(19)28(23)3/h7-16H,1-6H3/q+1. The van der Waals surface area contributed by atoms with Gasteiger partial charge in [-0.05, 0) is 49.2 Å². The van der Waals surface area contributed by atoms with Gasteiger partial charge in [-0.15, -0.1) is 0 Å². The highest BCUT2D eigenvalue weighted by molar-refractivity contribution is 6.88. The van der Waals surface area contributed by atoms with Crippen LogP contribution in [0.1, 0.15) is 11.1 Å². The highest BCUT2D eigenvalue weighted by Crippen LogP contribution is 2.38. The Morgan fingerprint density at radius 3 is 2.33 bits per heavy atom. The van der Waals surface area contributed by atoms with Gasteiger partial charge in [0.25, 0.3) is 0 Å². The second-order valence-electron chi connectivity index (χ2n) is 9.47. The molecule has 0 unspecified atom stereocenters. The predicted molar refractivity (Wildman–Crippen MR) is 130 cm³/mol. The van der Waals surface area contributed by atoms with Gasteiger partial charge in [0, 0.05) is 28.3 Å². The van der Waals surface area contributed by atoms with Gasteiger partial charge >= 0.3 is 0 Å². The van der Waals surface area contributed by atoms with E-state index in [2.05, 4.69) is 99.7 Å². The minimum absolute atomic E-state index is 0.947. The van der Waals surface area contributed by atoms with Gasteiger partial charge < -0.3 is 4.42 Å². The molecule has 2 heterocycles. The van der Waals surface area contributed by atoms with E-state index in [9.17, 15) is 0 Å². The molecule has 0 amide bonds. The first kappa shape index (κ1) is 19.1. The fourth-order valence-electron chi connectivity index (χ4n) is 4.50. The highest BCUT2D eigenvalue weighted by Gasteiger charge is 2.24. The molecule has 0 atom stereocenters. The molecule has 0 aliphatic heterocycles. The minimum atomic E-state index is -1.39. The third-order valence-corrected chi connectivity index (χ3v) is 8.53. The molecule has 0 spiro atoms. The highest BCUT2D eigenvalue weighted by atomic mass is 28.3. The van der Waals surface area contributed by atoms with E-state index in [1.54, 1.807) is 0 Å². The molecule has 3 heteroatoms. The topological polar surface area (TPSA) is 17.0 Å². The monoisotopic (exact) mass is 410 g/mol. The number of hydrogen-bond acceptors (Lipinski definition) is 1. The number of pyridine rings is 1. The summed E-state index contributed by atoms with van der Waals surface area (Å²) in [5.41, 5.74) is 8.17. The molecule has 5 rings (SSSR count). The lowest BCUT2D eigenvalue weighted by molar-refractivity contribution is -0.633. The molecule has 2 nitrogen and oxygen atoms in total. The van der Waals surface area contributed by atoms with Crippen LogP contribution in [0.15, 0.2) is 65.1 Å². The van der Waals surface area contributed by atoms with Gasteiger partial charge in [-0.2, -0.15) is 4.57 Å². The molecule has 0 aliphatic carbocycles. The molecule has 0 radical (unpaired) electrons. The van der Waals surface area contributed by atoms with Crippen LogP contribution in [0.25, 0.3) is 44.1 Å². The average molecular weight is 411 g/mol. The van der Waals surface area contributed by atoms with E-state index in [1.165, 1.54) is 49.2 Å². The van der Waals surface area contributed by atoms with Crippen LogP contribution in [-0.2, 0) is 7.05 Å². The first-order chi connectivity index (χ1) is 14.3. The average Bonchev–Trinajstić information content (AvgIpc) is 3.07. The SMILES string of the molecule is Cc1cc2c(oc3ccccc32)c(-c2ccc3ccc([Si](C)(C)C)cc3[n+]2C)c1C. The van der Waals surface area contributed by atoms with Gasteiger partial charge in [0.2, 0.25) is 11.2 Å². The first-order valence-corrected chi connectivity index (χ1v) is 14.1. The van der Waals surface area contributed by atoms with Crippen molar-refractivity contribution in [3.8, 4) is 11.3 Å². The minimum Gasteiger partial charge on any atom is -0.455 e. The van der Waals surface area contributed by atoms with Crippen molar-refractivity contribution in [2.45, 2.75) is 33.5 Å². The van der Waals surface area contributed by atoms with E-state index in [0.717, 1.165) is 11.2 Å². The van der Waals surface area contributed by atoms with Crippen molar-refractivity contribution in [1.29, 1.82) is 0 Å². The van der Waals surface area contributed by atoms with Crippen LogP contribution in [0, 0.1) is 13.8 Å². The van der Waals surface area contributed by atoms with Crippen LogP contribution in [0.2, 0.25) is 19.6 Å². The Bertz CT molecular complexity index is 1450. The third kappa shape index (κ3) is 2.80. The normalized spacial score (nSPS) is 12.3. The summed E-state index contributed by atoms with van der Waals surface area (Å²) < 4.78 is 8.75. The molecule has 0 bridgehead atoms. The molecule has 0 N–H and O–H groups in total. The van der Waals surface area contributed by atoms with Gasteiger partial charge in [0.05, 0.1) is 13.6 Å². The van der Waals surface area contributed by atoms with Crippen LogP contribution in [-0.4, -0.2) is 8.07 Å². The number of furan rings is 1. The zero-order valence-electron chi connectivity index (χ0n) is 18.6. The predicted octanol–water partition coefficient (Wildman–Crippen LogP) is 6.39. The fourth-order valence-corrected chi connectivity index (χ4v) is 5.65. The fraction of sp³-hybridized carbons (Fsp3) is 0.222. The van der Waals surface area contributed by atoms with Crippen molar-refractivity contribution in [3.63, 3.8) is 0 Å². The van der Waals surface area contributed by atoms with Crippen molar-refractivity contribution in [2.75, 3.05) is 0 Å². The number of hydrogen-bond donors (Lipinski definition) is 0. The second kappa shape index (κ2) is 6.54. The molecule has 0 aliphatic rings. The van der Waals surface area contributed by atoms with Gasteiger partial charge in [0.1, 0.15) is 18.2 Å². The van der Waals surface area contributed by atoms with E-state index in [1.807, 2.05) is 6.07 Å². The van der Waals surface area contributed by atoms with Gasteiger partial charge in [-0.25, -0.2) is 0 Å². The van der Waals surface area contributed by atoms with Crippen molar-refractivity contribution in [2.24, 2.45) is 7.05 Å². The largest absolute Gasteiger partial charge is 0.455 e. The second-order valence-corrected chi connectivity index (χ2v) is 14.5. The molecule has 3 aromatic carbocycles. The maximum absolute atomic E-state index is 6.41. The summed E-state index contributed by atoms with van der Waals surface area (Å²) in [5.74, 6) is 0. The number of nitrogens with zero attached hydrogens (tertiary/aromatic N) is 1. The third-order valence-electron chi connectivity index (χ3n) is 6.48. The summed E-state index contributed by atoms with van der Waals surface area (Å²) >= 11 is 0. The summed E-state index contributed by atoms with van der Waals surface area (Å²) in [4.78, 5) is 0. The lowest BCUT2D eigenvalue weighted by atomic mass is 9.96. The van der Waals surface area contributed by atoms with E-state index in [0.29, 0.717) is 0 Å². The molecule has 2 aromatic heterocycles. The lowest BCUT2D eigenvalue weighted by Crippen LogP contribution is -2.39. The quantitative estimate of drug-likeness (QED) is 0.243. The van der Waals surface area contributed by atoms with E-state index < -0.39 is 8.07 Å². The van der Waals surface area contributed by atoms with Crippen LogP contribution in [0.3, 0.4) is 0 Å². The maximum Gasteiger partial charge on any atom is 0.216 e. The summed E-state index contributed by atoms with van der Waals surface area (Å²) in [7, 11) is 0.795. The summed E-state index contributed by atoms with van der Waals surface area (Å²) in [6.45, 7) is 11.6. The van der Waals surface area contributed by atoms with E-state index in [4.69, 9.17) is 4.42 Å². The Morgan fingerprint density at radius 2 is 1.57 bits per heavy atom. The Labute approximate surface area is 178 Å². The Morgan fingerprint density at radius 1 is 0.833 bits per heavy atom. The summed E-state index contributed by atoms with van der Waals surface area (Å²) in [6, 6.07) is 22.1. The molecular formula is C27H28NOSi+. The molecule has 0 saturated heterocycles. The Balaban J connectivity index is 1.88. The van der Waals surface area contributed by atoms with Gasteiger partial charge in [-0.1, -0.05) is 49.1 Å². The summed E-state index contributed by atoms with van der Waals surface area (Å²) in [6.07, 6.45) is 0. The molecule has 0 saturated carbocycles. The van der Waals surface area contributed by atoms with Crippen LogP contribution >= 0.6 is 0 Å². The molecule has 0 fully saturated rings. The van der Waals surface area contributed by atoms with Crippen LogP contribution in [0.4, 0.5) is 0 Å². The molecule has 150 valence electrons. The summed E-state index contributed by atoms with van der Waals surface area (Å²) in [5, 5.41) is 5.13. The maximum atomic E-state index is 6.41. The van der Waals surface area contributed by atoms with Crippen molar-refractivity contribution in [1.82, 2.24) is 0 Å². The molecule has 30 heavy (non-hydrogen) atoms. The Hall–Kier alpha value is -2.91. The van der Waals surface area contributed by atoms with E-state index >= 15 is 0 Å². The van der Waals surface area contributed by atoms with Crippen LogP contribution in [0.5, 0.6) is 0 Å². The van der Waals surface area contributed by atoms with Gasteiger partial charge in [-0.3, -0.25) is 0 Å². The zero-order valence-corrected chi connectivity index (χ0v) is 19.6. The number of rotatable bonds is 2. The van der Waals surface area contributed by atoms with Crippen molar-refractivity contribution < 1.29 is 8.98 Å².